The maximum absolute atomic E-state index is 12.7. The number of fused-ring (bicyclic) bond motifs is 1. The van der Waals surface area contributed by atoms with E-state index in [4.69, 9.17) is 21.1 Å². The Bertz CT molecular complexity index is 1160. The Morgan fingerprint density at radius 3 is 2.52 bits per heavy atom. The highest BCUT2D eigenvalue weighted by Gasteiger charge is 2.16. The van der Waals surface area contributed by atoms with E-state index in [-0.39, 0.29) is 16.2 Å². The number of ether oxygens (including phenoxy) is 2. The molecule has 0 bridgehead atoms. The van der Waals surface area contributed by atoms with Gasteiger partial charge in [0.25, 0.3) is 10.0 Å². The second-order valence-corrected chi connectivity index (χ2v) is 8.45. The zero-order valence-corrected chi connectivity index (χ0v) is 16.8. The summed E-state index contributed by atoms with van der Waals surface area (Å²) in [6.07, 6.45) is 0. The van der Waals surface area contributed by atoms with Gasteiger partial charge in [0.05, 0.1) is 29.3 Å². The summed E-state index contributed by atoms with van der Waals surface area (Å²) in [5.74, 6) is 0.0131. The van der Waals surface area contributed by atoms with Gasteiger partial charge in [-0.25, -0.2) is 0 Å². The molecule has 0 unspecified atom stereocenters. The second-order valence-electron chi connectivity index (χ2n) is 5.40. The van der Waals surface area contributed by atoms with Gasteiger partial charge in [0, 0.05) is 5.02 Å². The number of carbonyl (C=O) groups is 1. The highest BCUT2D eigenvalue weighted by Crippen LogP contribution is 2.23. The first-order valence-electron chi connectivity index (χ1n) is 7.65. The number of aromatic nitrogens is 1. The maximum Gasteiger partial charge on any atom is 0.325 e. The van der Waals surface area contributed by atoms with Crippen LogP contribution in [0.15, 0.2) is 51.8 Å². The van der Waals surface area contributed by atoms with E-state index in [2.05, 4.69) is 4.40 Å². The van der Waals surface area contributed by atoms with Gasteiger partial charge in [-0.05, 0) is 42.5 Å². The van der Waals surface area contributed by atoms with Gasteiger partial charge in [-0.2, -0.15) is 8.42 Å². The molecule has 2 aromatic carbocycles. The molecular formula is C17H15ClN2O5S2. The molecule has 0 radical (unpaired) electrons. The summed E-state index contributed by atoms with van der Waals surface area (Å²) < 4.78 is 41.3. The van der Waals surface area contributed by atoms with Gasteiger partial charge in [-0.1, -0.05) is 22.9 Å². The van der Waals surface area contributed by atoms with E-state index in [1.807, 2.05) is 0 Å². The zero-order chi connectivity index (χ0) is 19.6. The van der Waals surface area contributed by atoms with Gasteiger partial charge < -0.3 is 14.0 Å². The molecule has 3 aromatic rings. The molecule has 142 valence electrons. The van der Waals surface area contributed by atoms with Crippen LogP contribution < -0.4 is 9.54 Å². The summed E-state index contributed by atoms with van der Waals surface area (Å²) in [5.41, 5.74) is 0.637. The maximum atomic E-state index is 12.7. The fourth-order valence-electron chi connectivity index (χ4n) is 2.37. The van der Waals surface area contributed by atoms with Crippen LogP contribution in [0.1, 0.15) is 0 Å². The molecule has 3 rings (SSSR count). The standard InChI is InChI=1S/C17H15ClN2O5S2/c1-24-12-4-6-13(7-5-12)27(22,23)19-17-20(10-16(21)25-2)14-8-3-11(18)9-15(14)26-17/h3-9H,10H2,1-2H3. The number of nitrogens with zero attached hydrogens (tertiary/aromatic N) is 2. The average molecular weight is 427 g/mol. The Balaban J connectivity index is 2.18. The summed E-state index contributed by atoms with van der Waals surface area (Å²) in [7, 11) is -1.23. The zero-order valence-electron chi connectivity index (χ0n) is 14.4. The number of halogens is 1. The number of sulfonamides is 1. The van der Waals surface area contributed by atoms with Crippen molar-refractivity contribution in [2.24, 2.45) is 4.40 Å². The molecular weight excluding hydrogens is 412 g/mol. The van der Waals surface area contributed by atoms with Crippen LogP contribution in [0, 0.1) is 0 Å². The van der Waals surface area contributed by atoms with Gasteiger partial charge in [-0.3, -0.25) is 4.79 Å². The van der Waals surface area contributed by atoms with Crippen molar-refractivity contribution in [3.05, 3.63) is 52.3 Å². The molecule has 0 aliphatic heterocycles. The number of hydrogen-bond donors (Lipinski definition) is 0. The molecule has 0 aliphatic rings. The van der Waals surface area contributed by atoms with Gasteiger partial charge >= 0.3 is 5.97 Å². The summed E-state index contributed by atoms with van der Waals surface area (Å²) >= 11 is 7.14. The van der Waals surface area contributed by atoms with Crippen molar-refractivity contribution >= 4 is 49.1 Å². The number of rotatable bonds is 5. The smallest absolute Gasteiger partial charge is 0.325 e. The number of thiazole rings is 1. The van der Waals surface area contributed by atoms with Gasteiger partial charge in [0.15, 0.2) is 0 Å². The van der Waals surface area contributed by atoms with E-state index in [0.29, 0.717) is 21.0 Å². The Morgan fingerprint density at radius 2 is 1.89 bits per heavy atom. The average Bonchev–Trinajstić information content (AvgIpc) is 2.97. The molecule has 1 aromatic heterocycles. The van der Waals surface area contributed by atoms with E-state index >= 15 is 0 Å². The lowest BCUT2D eigenvalue weighted by Crippen LogP contribution is -2.22. The number of hydrogen-bond acceptors (Lipinski definition) is 6. The molecule has 0 saturated heterocycles. The van der Waals surface area contributed by atoms with Crippen LogP contribution >= 0.6 is 22.9 Å². The Labute approximate surface area is 164 Å². The van der Waals surface area contributed by atoms with Crippen molar-refractivity contribution in [2.45, 2.75) is 11.4 Å². The van der Waals surface area contributed by atoms with E-state index < -0.39 is 16.0 Å². The van der Waals surface area contributed by atoms with Crippen molar-refractivity contribution in [1.29, 1.82) is 0 Å². The van der Waals surface area contributed by atoms with Crippen LogP contribution in [0.3, 0.4) is 0 Å². The molecule has 0 fully saturated rings. The van der Waals surface area contributed by atoms with Crippen LogP contribution in [-0.4, -0.2) is 33.2 Å². The molecule has 0 saturated carbocycles. The molecule has 0 spiro atoms. The third kappa shape index (κ3) is 4.15. The van der Waals surface area contributed by atoms with Crippen LogP contribution in [0.5, 0.6) is 5.75 Å². The Kier molecular flexibility index (Phi) is 5.54. The SMILES string of the molecule is COC(=O)Cn1c(=NS(=O)(=O)c2ccc(OC)cc2)sc2cc(Cl)ccc21. The van der Waals surface area contributed by atoms with Crippen molar-refractivity contribution in [3.8, 4) is 5.75 Å². The van der Waals surface area contributed by atoms with Crippen LogP contribution in [-0.2, 0) is 26.1 Å². The van der Waals surface area contributed by atoms with E-state index in [1.165, 1.54) is 43.1 Å². The fourth-order valence-corrected chi connectivity index (χ4v) is 4.88. The molecule has 1 heterocycles. The predicted octanol–water partition coefficient (Wildman–Crippen LogP) is 2.83. The third-order valence-corrected chi connectivity index (χ3v) is 6.39. The van der Waals surface area contributed by atoms with Crippen molar-refractivity contribution in [3.63, 3.8) is 0 Å². The number of methoxy groups -OCH3 is 2. The third-order valence-electron chi connectivity index (χ3n) is 3.72. The van der Waals surface area contributed by atoms with E-state index in [0.717, 1.165) is 11.3 Å². The Hall–Kier alpha value is -2.36. The molecule has 0 aliphatic carbocycles. The lowest BCUT2D eigenvalue weighted by atomic mass is 10.3. The topological polar surface area (TPSA) is 87.0 Å². The van der Waals surface area contributed by atoms with Crippen molar-refractivity contribution in [1.82, 2.24) is 4.57 Å². The van der Waals surface area contributed by atoms with Crippen molar-refractivity contribution < 1.29 is 22.7 Å². The number of carbonyl (C=O) groups excluding carboxylic acids is 1. The lowest BCUT2D eigenvalue weighted by Gasteiger charge is -2.04. The fraction of sp³-hybridized carbons (Fsp3) is 0.176. The molecule has 7 nitrogen and oxygen atoms in total. The molecule has 27 heavy (non-hydrogen) atoms. The first-order valence-corrected chi connectivity index (χ1v) is 10.3. The molecule has 0 N–H and O–H groups in total. The largest absolute Gasteiger partial charge is 0.497 e. The second kappa shape index (κ2) is 7.71. The lowest BCUT2D eigenvalue weighted by molar-refractivity contribution is -0.141. The predicted molar refractivity (Wildman–Crippen MR) is 103 cm³/mol. The van der Waals surface area contributed by atoms with Gasteiger partial charge in [0.1, 0.15) is 12.3 Å². The quantitative estimate of drug-likeness (QED) is 0.585. The summed E-state index contributed by atoms with van der Waals surface area (Å²) in [6, 6.07) is 10.9. The highest BCUT2D eigenvalue weighted by atomic mass is 35.5. The first kappa shape index (κ1) is 19.4. The minimum absolute atomic E-state index is 0.0170. The van der Waals surface area contributed by atoms with Crippen LogP contribution in [0.2, 0.25) is 5.02 Å². The van der Waals surface area contributed by atoms with E-state index in [9.17, 15) is 13.2 Å². The summed E-state index contributed by atoms with van der Waals surface area (Å²) in [4.78, 5) is 11.9. The number of benzene rings is 2. The Morgan fingerprint density at radius 1 is 1.19 bits per heavy atom. The van der Waals surface area contributed by atoms with Crippen LogP contribution in [0.25, 0.3) is 10.2 Å². The van der Waals surface area contributed by atoms with E-state index in [1.54, 1.807) is 18.2 Å². The summed E-state index contributed by atoms with van der Waals surface area (Å²) in [5, 5.41) is 0.499. The minimum atomic E-state index is -3.99. The number of esters is 1. The van der Waals surface area contributed by atoms with Crippen molar-refractivity contribution in [2.75, 3.05) is 14.2 Å². The summed E-state index contributed by atoms with van der Waals surface area (Å²) in [6.45, 7) is -0.172. The minimum Gasteiger partial charge on any atom is -0.497 e. The highest BCUT2D eigenvalue weighted by molar-refractivity contribution is 7.90. The van der Waals surface area contributed by atoms with Gasteiger partial charge in [-0.15, -0.1) is 4.40 Å². The molecule has 0 atom stereocenters. The van der Waals surface area contributed by atoms with Gasteiger partial charge in [0.2, 0.25) is 4.80 Å². The van der Waals surface area contributed by atoms with Crippen LogP contribution in [0.4, 0.5) is 0 Å². The monoisotopic (exact) mass is 426 g/mol. The molecule has 10 heteroatoms. The molecule has 0 amide bonds. The first-order chi connectivity index (χ1) is 12.8. The normalized spacial score (nSPS) is 12.3.